The lowest BCUT2D eigenvalue weighted by atomic mass is 10.2. The summed E-state index contributed by atoms with van der Waals surface area (Å²) in [4.78, 5) is 36.5. The topological polar surface area (TPSA) is 92.5 Å². The van der Waals surface area contributed by atoms with Gasteiger partial charge >= 0.3 is 0 Å². The van der Waals surface area contributed by atoms with E-state index in [9.17, 15) is 14.4 Å². The molecule has 3 amide bonds. The average molecular weight is 308 g/mol. The quantitative estimate of drug-likeness (QED) is 0.647. The fourth-order valence-electron chi connectivity index (χ4n) is 2.53. The minimum atomic E-state index is -0.280. The van der Waals surface area contributed by atoms with Gasteiger partial charge in [0, 0.05) is 18.7 Å². The zero-order chi connectivity index (χ0) is 15.1. The second-order valence-corrected chi connectivity index (χ2v) is 5.72. The molecule has 0 spiro atoms. The second kappa shape index (κ2) is 5.04. The molecule has 3 N–H and O–H groups in total. The number of carbonyl (C=O) groups is 3. The molecule has 1 aromatic carbocycles. The van der Waals surface area contributed by atoms with Gasteiger partial charge in [0.1, 0.15) is 0 Å². The zero-order valence-corrected chi connectivity index (χ0v) is 11.9. The molecule has 1 aromatic rings. The summed E-state index contributed by atoms with van der Waals surface area (Å²) < 4.78 is 0. The highest BCUT2D eigenvalue weighted by Gasteiger charge is 2.58. The van der Waals surface area contributed by atoms with Gasteiger partial charge < -0.3 is 11.1 Å². The molecule has 1 saturated heterocycles. The highest BCUT2D eigenvalue weighted by Crippen LogP contribution is 2.46. The number of piperidine rings is 1. The number of carbonyl (C=O) groups excluding carboxylic acids is 3. The summed E-state index contributed by atoms with van der Waals surface area (Å²) in [5.74, 6) is -0.826. The Bertz CT molecular complexity index is 626. The molecule has 21 heavy (non-hydrogen) atoms. The van der Waals surface area contributed by atoms with E-state index in [-0.39, 0.29) is 42.5 Å². The van der Waals surface area contributed by atoms with E-state index in [2.05, 4.69) is 5.32 Å². The molecule has 110 valence electrons. The third-order valence-corrected chi connectivity index (χ3v) is 4.14. The molecule has 1 saturated carbocycles. The van der Waals surface area contributed by atoms with Crippen LogP contribution in [0.25, 0.3) is 0 Å². The van der Waals surface area contributed by atoms with Gasteiger partial charge in [-0.25, -0.2) is 0 Å². The fourth-order valence-corrected chi connectivity index (χ4v) is 2.65. The number of benzene rings is 1. The van der Waals surface area contributed by atoms with E-state index in [4.69, 9.17) is 17.3 Å². The third kappa shape index (κ3) is 2.58. The number of hydrogen-bond donors (Lipinski definition) is 2. The van der Waals surface area contributed by atoms with Gasteiger partial charge in [-0.2, -0.15) is 0 Å². The number of amides is 3. The molecular weight excluding hydrogens is 294 g/mol. The summed E-state index contributed by atoms with van der Waals surface area (Å²) in [6.45, 7) is 0.125. The van der Waals surface area contributed by atoms with E-state index in [1.54, 1.807) is 18.2 Å². The van der Waals surface area contributed by atoms with E-state index in [1.807, 2.05) is 0 Å². The molecule has 3 rings (SSSR count). The van der Waals surface area contributed by atoms with Crippen molar-refractivity contribution in [2.75, 3.05) is 17.6 Å². The number of hydrogen-bond acceptors (Lipinski definition) is 4. The van der Waals surface area contributed by atoms with Gasteiger partial charge in [-0.05, 0) is 24.6 Å². The Kier molecular flexibility index (Phi) is 3.33. The number of fused-ring (bicyclic) bond motifs is 1. The number of nitrogens with zero attached hydrogens (tertiary/aromatic N) is 1. The summed E-state index contributed by atoms with van der Waals surface area (Å²) in [7, 11) is 0. The molecule has 0 radical (unpaired) electrons. The maximum atomic E-state index is 11.8. The maximum Gasteiger partial charge on any atom is 0.233 e. The lowest BCUT2D eigenvalue weighted by Crippen LogP contribution is -2.35. The standard InChI is InChI=1S/C14H14ClN3O3/c15-10-2-1-7(5-11(10)16)17-12(19)3-4-18-13(20)8-6-9(8)14(18)21/h1-2,5,8-9H,3-4,6,16H2,(H,17,19). The first-order valence-corrected chi connectivity index (χ1v) is 7.05. The molecule has 2 atom stereocenters. The Balaban J connectivity index is 1.54. The van der Waals surface area contributed by atoms with Crippen LogP contribution < -0.4 is 11.1 Å². The van der Waals surface area contributed by atoms with E-state index in [1.165, 1.54) is 4.90 Å². The average Bonchev–Trinajstić information content (AvgIpc) is 3.18. The molecule has 0 bridgehead atoms. The second-order valence-electron chi connectivity index (χ2n) is 5.31. The zero-order valence-electron chi connectivity index (χ0n) is 11.1. The predicted molar refractivity (Wildman–Crippen MR) is 77.4 cm³/mol. The summed E-state index contributed by atoms with van der Waals surface area (Å²) >= 11 is 5.79. The van der Waals surface area contributed by atoms with Crippen LogP contribution in [0.5, 0.6) is 0 Å². The van der Waals surface area contributed by atoms with Crippen molar-refractivity contribution in [2.45, 2.75) is 12.8 Å². The van der Waals surface area contributed by atoms with Crippen LogP contribution in [0, 0.1) is 11.8 Å². The minimum absolute atomic E-state index is 0.0689. The molecule has 1 aliphatic carbocycles. The summed E-state index contributed by atoms with van der Waals surface area (Å²) in [5, 5.41) is 3.08. The van der Waals surface area contributed by atoms with Crippen molar-refractivity contribution in [3.05, 3.63) is 23.2 Å². The summed E-state index contributed by atoms with van der Waals surface area (Å²) in [6.07, 6.45) is 0.740. The van der Waals surface area contributed by atoms with Gasteiger partial charge in [-0.3, -0.25) is 19.3 Å². The first kappa shape index (κ1) is 13.9. The summed E-state index contributed by atoms with van der Waals surface area (Å²) in [6, 6.07) is 4.78. The minimum Gasteiger partial charge on any atom is -0.397 e. The van der Waals surface area contributed by atoms with Crippen molar-refractivity contribution in [3.63, 3.8) is 0 Å². The van der Waals surface area contributed by atoms with Crippen molar-refractivity contribution in [1.29, 1.82) is 0 Å². The Morgan fingerprint density at radius 3 is 2.62 bits per heavy atom. The van der Waals surface area contributed by atoms with Crippen LogP contribution in [0.1, 0.15) is 12.8 Å². The molecule has 2 fully saturated rings. The number of nitrogen functional groups attached to an aromatic ring is 1. The van der Waals surface area contributed by atoms with Crippen LogP contribution in [0.4, 0.5) is 11.4 Å². The van der Waals surface area contributed by atoms with Crippen molar-refractivity contribution in [1.82, 2.24) is 4.90 Å². The molecular formula is C14H14ClN3O3. The number of anilines is 2. The third-order valence-electron chi connectivity index (χ3n) is 3.80. The predicted octanol–water partition coefficient (Wildman–Crippen LogP) is 1.26. The SMILES string of the molecule is Nc1cc(NC(=O)CCN2C(=O)C3CC3C2=O)ccc1Cl. The number of likely N-dealkylation sites (tertiary alicyclic amines) is 1. The van der Waals surface area contributed by atoms with Crippen LogP contribution >= 0.6 is 11.6 Å². The first-order chi connectivity index (χ1) is 9.97. The Labute approximate surface area is 126 Å². The van der Waals surface area contributed by atoms with Crippen LogP contribution in [-0.2, 0) is 14.4 Å². The molecule has 7 heteroatoms. The highest BCUT2D eigenvalue weighted by atomic mass is 35.5. The number of nitrogens with one attached hydrogen (secondary N) is 1. The van der Waals surface area contributed by atoms with Crippen LogP contribution in [0.2, 0.25) is 5.02 Å². The van der Waals surface area contributed by atoms with Crippen LogP contribution in [-0.4, -0.2) is 29.2 Å². The van der Waals surface area contributed by atoms with Crippen molar-refractivity contribution >= 4 is 40.7 Å². The van der Waals surface area contributed by atoms with Gasteiger partial charge in [0.05, 0.1) is 22.5 Å². The smallest absolute Gasteiger partial charge is 0.233 e. The summed E-state index contributed by atoms with van der Waals surface area (Å²) in [5.41, 5.74) is 6.55. The van der Waals surface area contributed by atoms with Crippen LogP contribution in [0.3, 0.4) is 0 Å². The lowest BCUT2D eigenvalue weighted by molar-refractivity contribution is -0.141. The number of nitrogens with two attached hydrogens (primary N) is 1. The monoisotopic (exact) mass is 307 g/mol. The molecule has 6 nitrogen and oxygen atoms in total. The number of rotatable bonds is 4. The van der Waals surface area contributed by atoms with E-state index >= 15 is 0 Å². The van der Waals surface area contributed by atoms with Crippen LogP contribution in [0.15, 0.2) is 18.2 Å². The number of halogens is 1. The van der Waals surface area contributed by atoms with Gasteiger partial charge in [0.25, 0.3) is 0 Å². The molecule has 2 unspecified atom stereocenters. The van der Waals surface area contributed by atoms with Crippen molar-refractivity contribution in [3.8, 4) is 0 Å². The van der Waals surface area contributed by atoms with Gasteiger partial charge in [0.15, 0.2) is 0 Å². The molecule has 1 heterocycles. The Hall–Kier alpha value is -2.08. The highest BCUT2D eigenvalue weighted by molar-refractivity contribution is 6.33. The van der Waals surface area contributed by atoms with E-state index in [0.717, 1.165) is 0 Å². The molecule has 0 aromatic heterocycles. The van der Waals surface area contributed by atoms with E-state index in [0.29, 0.717) is 22.8 Å². The Morgan fingerprint density at radius 1 is 1.33 bits per heavy atom. The van der Waals surface area contributed by atoms with Gasteiger partial charge in [-0.15, -0.1) is 0 Å². The largest absolute Gasteiger partial charge is 0.397 e. The maximum absolute atomic E-state index is 11.8. The van der Waals surface area contributed by atoms with E-state index < -0.39 is 0 Å². The van der Waals surface area contributed by atoms with Gasteiger partial charge in [-0.1, -0.05) is 11.6 Å². The lowest BCUT2D eigenvalue weighted by Gasteiger charge is -2.16. The van der Waals surface area contributed by atoms with Crippen molar-refractivity contribution in [2.24, 2.45) is 11.8 Å². The molecule has 1 aliphatic heterocycles. The number of imide groups is 1. The van der Waals surface area contributed by atoms with Crippen molar-refractivity contribution < 1.29 is 14.4 Å². The fraction of sp³-hybridized carbons (Fsp3) is 0.357. The first-order valence-electron chi connectivity index (χ1n) is 6.67. The normalized spacial score (nSPS) is 23.2. The van der Waals surface area contributed by atoms with Gasteiger partial charge in [0.2, 0.25) is 17.7 Å². The molecule has 2 aliphatic rings. The Morgan fingerprint density at radius 2 is 2.00 bits per heavy atom.